The minimum Gasteiger partial charge on any atom is -0.508 e. The Bertz CT molecular complexity index is 2000. The van der Waals surface area contributed by atoms with Gasteiger partial charge in [-0.05, 0) is 80.0 Å². The third-order valence-electron chi connectivity index (χ3n) is 11.9. The normalized spacial score (nSPS) is 25.6. The van der Waals surface area contributed by atoms with Crippen molar-refractivity contribution in [3.05, 3.63) is 47.5 Å². The van der Waals surface area contributed by atoms with Crippen LogP contribution in [0.3, 0.4) is 0 Å². The molecule has 10 heteroatoms. The van der Waals surface area contributed by atoms with E-state index in [9.17, 15) is 5.11 Å². The Balaban J connectivity index is 1.14. The second-order valence-corrected chi connectivity index (χ2v) is 15.1. The maximum atomic E-state index is 17.3. The third-order valence-corrected chi connectivity index (χ3v) is 11.9. The number of benzene rings is 3. The van der Waals surface area contributed by atoms with Gasteiger partial charge in [0.05, 0.1) is 24.8 Å². The fourth-order valence-electron chi connectivity index (χ4n) is 9.30. The number of fused-ring (bicyclic) bond motifs is 5. The van der Waals surface area contributed by atoms with Crippen LogP contribution in [-0.2, 0) is 0 Å². The Labute approximate surface area is 284 Å². The fourth-order valence-corrected chi connectivity index (χ4v) is 9.30. The van der Waals surface area contributed by atoms with Gasteiger partial charge in [0.25, 0.3) is 0 Å². The number of hydrogen-bond acceptors (Lipinski definition) is 8. The summed E-state index contributed by atoms with van der Waals surface area (Å²) < 4.78 is 44.5. The van der Waals surface area contributed by atoms with Crippen LogP contribution in [0.1, 0.15) is 50.5 Å². The second kappa shape index (κ2) is 11.7. The van der Waals surface area contributed by atoms with E-state index < -0.39 is 11.6 Å². The summed E-state index contributed by atoms with van der Waals surface area (Å²) in [5.74, 6) is 3.51. The molecule has 3 aliphatic heterocycles. The predicted molar refractivity (Wildman–Crippen MR) is 185 cm³/mol. The van der Waals surface area contributed by atoms with Crippen LogP contribution in [0.5, 0.6) is 17.5 Å². The number of piperazine rings is 1. The molecular formula is C39H41F2N5O3. The van der Waals surface area contributed by atoms with Crippen LogP contribution in [0.25, 0.3) is 32.8 Å². The number of halogens is 2. The molecule has 4 aromatic rings. The van der Waals surface area contributed by atoms with Gasteiger partial charge < -0.3 is 29.7 Å². The lowest BCUT2D eigenvalue weighted by molar-refractivity contribution is 0.165. The van der Waals surface area contributed by atoms with Crippen LogP contribution < -0.4 is 19.7 Å². The van der Waals surface area contributed by atoms with Crippen LogP contribution in [0.15, 0.2) is 30.3 Å². The summed E-state index contributed by atoms with van der Waals surface area (Å²) in [4.78, 5) is 14.5. The van der Waals surface area contributed by atoms with E-state index >= 15 is 8.78 Å². The van der Waals surface area contributed by atoms with E-state index in [4.69, 9.17) is 25.9 Å². The number of phenols is 1. The quantitative estimate of drug-likeness (QED) is 0.214. The number of nitrogens with one attached hydrogen (secondary N) is 1. The number of likely N-dealkylation sites (tertiary alicyclic amines) is 1. The van der Waals surface area contributed by atoms with Gasteiger partial charge in [-0.2, -0.15) is 9.97 Å². The lowest BCUT2D eigenvalue weighted by Gasteiger charge is -2.34. The van der Waals surface area contributed by atoms with Crippen molar-refractivity contribution < 1.29 is 23.4 Å². The Morgan fingerprint density at radius 2 is 1.78 bits per heavy atom. The molecule has 5 aliphatic rings. The number of methoxy groups -OCH3 is 1. The van der Waals surface area contributed by atoms with Crippen LogP contribution in [0.4, 0.5) is 14.6 Å². The number of aromatic hydroxyl groups is 1. The zero-order valence-corrected chi connectivity index (χ0v) is 27.8. The van der Waals surface area contributed by atoms with Crippen molar-refractivity contribution in [1.82, 2.24) is 20.2 Å². The number of anilines is 1. The highest BCUT2D eigenvalue weighted by atomic mass is 19.1. The lowest BCUT2D eigenvalue weighted by Crippen LogP contribution is -2.51. The van der Waals surface area contributed by atoms with Gasteiger partial charge in [-0.3, -0.25) is 0 Å². The average Bonchev–Trinajstić information content (AvgIpc) is 3.34. The Morgan fingerprint density at radius 1 is 1.02 bits per heavy atom. The van der Waals surface area contributed by atoms with Crippen LogP contribution >= 0.6 is 0 Å². The minimum atomic E-state index is -0.676. The lowest BCUT2D eigenvalue weighted by atomic mass is 9.92. The molecule has 4 heterocycles. The molecule has 3 aromatic carbocycles. The molecule has 2 bridgehead atoms. The maximum absolute atomic E-state index is 17.3. The summed E-state index contributed by atoms with van der Waals surface area (Å²) in [5.41, 5.74) is 0.370. The van der Waals surface area contributed by atoms with Gasteiger partial charge in [-0.25, -0.2) is 8.78 Å². The number of aromatic nitrogens is 2. The Hall–Kier alpha value is -4.20. The van der Waals surface area contributed by atoms with E-state index in [2.05, 4.69) is 21.0 Å². The van der Waals surface area contributed by atoms with Crippen LogP contribution in [-0.4, -0.2) is 78.5 Å². The summed E-state index contributed by atoms with van der Waals surface area (Å²) in [6, 6.07) is 8.18. The first-order valence-electron chi connectivity index (χ1n) is 17.7. The van der Waals surface area contributed by atoms with E-state index in [1.54, 1.807) is 6.07 Å². The van der Waals surface area contributed by atoms with Crippen LogP contribution in [0, 0.1) is 41.2 Å². The molecule has 254 valence electrons. The topological polar surface area (TPSA) is 83.0 Å². The number of terminal acetylenes is 1. The van der Waals surface area contributed by atoms with E-state index in [1.807, 2.05) is 0 Å². The van der Waals surface area contributed by atoms with Crippen molar-refractivity contribution in [1.29, 1.82) is 0 Å². The predicted octanol–water partition coefficient (Wildman–Crippen LogP) is 6.26. The molecule has 0 radical (unpaired) electrons. The Morgan fingerprint density at radius 3 is 2.47 bits per heavy atom. The largest absolute Gasteiger partial charge is 0.508 e. The van der Waals surface area contributed by atoms with E-state index in [1.165, 1.54) is 63.7 Å². The highest BCUT2D eigenvalue weighted by Crippen LogP contribution is 2.49. The van der Waals surface area contributed by atoms with Crippen molar-refractivity contribution in [2.75, 3.05) is 51.3 Å². The van der Waals surface area contributed by atoms with Gasteiger partial charge in [0.2, 0.25) is 0 Å². The maximum Gasteiger partial charge on any atom is 0.319 e. The van der Waals surface area contributed by atoms with E-state index in [-0.39, 0.29) is 45.1 Å². The van der Waals surface area contributed by atoms with Crippen molar-refractivity contribution >= 4 is 27.5 Å². The molecule has 9 rings (SSSR count). The van der Waals surface area contributed by atoms with Gasteiger partial charge in [0.1, 0.15) is 28.7 Å². The SMILES string of the molecule is C#Cc1c(F)ccc2cc(O)cc(-c3c(OC)cc4c(N5CC6CCC(C5)N6)nc(OCC5(CN6CC7CCCC7C6)CC5)nc4c3F)c12. The van der Waals surface area contributed by atoms with Crippen molar-refractivity contribution in [2.24, 2.45) is 17.3 Å². The van der Waals surface area contributed by atoms with Gasteiger partial charge in [0.15, 0.2) is 5.82 Å². The van der Waals surface area contributed by atoms with Gasteiger partial charge in [-0.1, -0.05) is 18.4 Å². The smallest absolute Gasteiger partial charge is 0.319 e. The molecule has 1 aromatic heterocycles. The number of hydrogen-bond donors (Lipinski definition) is 2. The van der Waals surface area contributed by atoms with Crippen molar-refractivity contribution in [2.45, 2.75) is 57.0 Å². The van der Waals surface area contributed by atoms with Crippen molar-refractivity contribution in [3.8, 4) is 41.0 Å². The summed E-state index contributed by atoms with van der Waals surface area (Å²) in [6.07, 6.45) is 14.2. The molecule has 2 aliphatic carbocycles. The summed E-state index contributed by atoms with van der Waals surface area (Å²) in [6.45, 7) is 5.31. The molecule has 5 fully saturated rings. The molecule has 0 spiro atoms. The number of rotatable bonds is 8. The summed E-state index contributed by atoms with van der Waals surface area (Å²) in [5, 5.41) is 15.7. The fraction of sp³-hybridized carbons (Fsp3) is 0.487. The molecule has 2 saturated carbocycles. The monoisotopic (exact) mass is 665 g/mol. The van der Waals surface area contributed by atoms with Gasteiger partial charge in [-0.15, -0.1) is 6.42 Å². The van der Waals surface area contributed by atoms with E-state index in [0.717, 1.165) is 57.2 Å². The molecule has 4 unspecified atom stereocenters. The first-order valence-corrected chi connectivity index (χ1v) is 17.7. The molecule has 8 nitrogen and oxygen atoms in total. The van der Waals surface area contributed by atoms with Crippen LogP contribution in [0.2, 0.25) is 0 Å². The standard InChI is InChI=1S/C39H41F2N5O3/c1-3-28-31(40)10-7-22-13-27(47)14-29(33(22)28)34-32(48-2)15-30-36(35(34)41)43-38(44-37(30)46-18-25-8-9-26(19-46)42-25)49-21-39(11-12-39)20-45-16-23-5-4-6-24(23)17-45/h1,7,10,13-15,23-26,42,47H,4-6,8-9,11-12,16-21H2,2H3. The highest BCUT2D eigenvalue weighted by Gasteiger charge is 2.48. The highest BCUT2D eigenvalue weighted by molar-refractivity contribution is 6.05. The van der Waals surface area contributed by atoms with Crippen molar-refractivity contribution in [3.63, 3.8) is 0 Å². The molecular weight excluding hydrogens is 624 g/mol. The number of ether oxygens (including phenoxy) is 2. The van der Waals surface area contributed by atoms with Gasteiger partial charge >= 0.3 is 6.01 Å². The molecule has 2 N–H and O–H groups in total. The summed E-state index contributed by atoms with van der Waals surface area (Å²) >= 11 is 0. The third kappa shape index (κ3) is 5.33. The molecule has 4 atom stereocenters. The average molecular weight is 666 g/mol. The first kappa shape index (κ1) is 30.8. The second-order valence-electron chi connectivity index (χ2n) is 15.1. The zero-order valence-electron chi connectivity index (χ0n) is 27.8. The number of phenolic OH excluding ortho intramolecular Hbond substituents is 1. The molecule has 0 amide bonds. The zero-order chi connectivity index (χ0) is 33.4. The first-order chi connectivity index (χ1) is 23.8. The number of nitrogens with zero attached hydrogens (tertiary/aromatic N) is 4. The van der Waals surface area contributed by atoms with Gasteiger partial charge in [0, 0.05) is 66.6 Å². The molecule has 49 heavy (non-hydrogen) atoms. The Kier molecular flexibility index (Phi) is 7.36. The van der Waals surface area contributed by atoms with E-state index in [0.29, 0.717) is 40.7 Å². The summed E-state index contributed by atoms with van der Waals surface area (Å²) in [7, 11) is 1.46. The minimum absolute atomic E-state index is 0.0193. The molecule has 3 saturated heterocycles.